The second-order valence-corrected chi connectivity index (χ2v) is 9.23. The van der Waals surface area contributed by atoms with Crippen LogP contribution in [0.2, 0.25) is 0 Å². The fourth-order valence-electron chi connectivity index (χ4n) is 5.29. The number of nitrogens with one attached hydrogen (secondary N) is 1. The minimum absolute atomic E-state index is 0.173. The molecule has 3 atom stereocenters. The standard InChI is InChI=1S/C22H20F4N8O2/c1-10-4-12-8-21(7-10,19-31-30-11(2)36-19)34(12)20(35)28-16-5-13(14(6-15(16)23)22(24,25)26)18-29-17(9-27)33(3)32-18/h5-6,10,12H,4,7-8H2,1-3H3,(H,28,35)/t10-,12?,21-/m0/s1. The molecule has 1 unspecified atom stereocenters. The van der Waals surface area contributed by atoms with Crippen molar-refractivity contribution >= 4 is 11.7 Å². The lowest BCUT2D eigenvalue weighted by molar-refractivity contribution is -0.137. The topological polar surface area (TPSA) is 126 Å². The smallest absolute Gasteiger partial charge is 0.417 e. The first kappa shape index (κ1) is 23.7. The monoisotopic (exact) mass is 504 g/mol. The number of halogens is 4. The van der Waals surface area contributed by atoms with Crippen molar-refractivity contribution in [3.8, 4) is 17.5 Å². The summed E-state index contributed by atoms with van der Waals surface area (Å²) in [5, 5.41) is 23.3. The van der Waals surface area contributed by atoms with E-state index >= 15 is 0 Å². The highest BCUT2D eigenvalue weighted by atomic mass is 19.4. The van der Waals surface area contributed by atoms with Crippen molar-refractivity contribution in [3.63, 3.8) is 0 Å². The van der Waals surface area contributed by atoms with Gasteiger partial charge in [-0.05, 0) is 30.9 Å². The zero-order valence-electron chi connectivity index (χ0n) is 19.4. The van der Waals surface area contributed by atoms with E-state index in [1.54, 1.807) is 13.0 Å². The van der Waals surface area contributed by atoms with Gasteiger partial charge in [0.05, 0.1) is 11.3 Å². The Kier molecular flexibility index (Phi) is 5.27. The number of aromatic nitrogens is 5. The Bertz CT molecular complexity index is 1410. The van der Waals surface area contributed by atoms with Crippen molar-refractivity contribution in [2.75, 3.05) is 5.32 Å². The maximum absolute atomic E-state index is 14.9. The van der Waals surface area contributed by atoms with Crippen LogP contribution in [0.15, 0.2) is 16.5 Å². The first-order valence-corrected chi connectivity index (χ1v) is 11.1. The molecule has 10 nitrogen and oxygen atoms in total. The van der Waals surface area contributed by atoms with E-state index in [-0.39, 0.29) is 29.7 Å². The highest BCUT2D eigenvalue weighted by molar-refractivity contribution is 5.92. The van der Waals surface area contributed by atoms with Gasteiger partial charge in [0.1, 0.15) is 17.4 Å². The lowest BCUT2D eigenvalue weighted by Gasteiger charge is -2.61. The predicted octanol–water partition coefficient (Wildman–Crippen LogP) is 4.13. The number of piperidine rings is 1. The number of rotatable bonds is 3. The molecule has 1 saturated heterocycles. The van der Waals surface area contributed by atoms with Gasteiger partial charge < -0.3 is 14.6 Å². The Morgan fingerprint density at radius 2 is 2.06 bits per heavy atom. The summed E-state index contributed by atoms with van der Waals surface area (Å²) in [6, 6.07) is 1.95. The molecule has 1 aliphatic carbocycles. The van der Waals surface area contributed by atoms with Gasteiger partial charge in [-0.25, -0.2) is 13.9 Å². The number of carbonyl (C=O) groups excluding carboxylic acids is 1. The SMILES string of the molecule is Cc1nnc([C@@]23CC(C[C@H](C)C2)N3C(=O)Nc2cc(-c3nc(C#N)n(C)n3)c(C(F)(F)F)cc2F)o1. The van der Waals surface area contributed by atoms with Crippen LogP contribution < -0.4 is 5.32 Å². The molecule has 2 fully saturated rings. The van der Waals surface area contributed by atoms with Gasteiger partial charge >= 0.3 is 12.2 Å². The van der Waals surface area contributed by atoms with E-state index in [2.05, 4.69) is 25.6 Å². The van der Waals surface area contributed by atoms with Crippen LogP contribution in [0.3, 0.4) is 0 Å². The Labute approximate surface area is 201 Å². The van der Waals surface area contributed by atoms with Gasteiger partial charge in [-0.2, -0.15) is 28.5 Å². The van der Waals surface area contributed by atoms with Crippen LogP contribution in [-0.2, 0) is 18.8 Å². The number of amides is 2. The summed E-state index contributed by atoms with van der Waals surface area (Å²) in [6.07, 6.45) is -3.09. The third-order valence-electron chi connectivity index (χ3n) is 6.66. The van der Waals surface area contributed by atoms with Crippen LogP contribution in [0.1, 0.15) is 49.4 Å². The second-order valence-electron chi connectivity index (χ2n) is 9.23. The first-order chi connectivity index (χ1) is 16.9. The van der Waals surface area contributed by atoms with E-state index in [4.69, 9.17) is 9.68 Å². The van der Waals surface area contributed by atoms with Crippen molar-refractivity contribution in [2.24, 2.45) is 13.0 Å². The van der Waals surface area contributed by atoms with Crippen molar-refractivity contribution in [1.29, 1.82) is 5.26 Å². The molecule has 5 rings (SSSR count). The van der Waals surface area contributed by atoms with Gasteiger partial charge in [0.25, 0.3) is 0 Å². The molecular formula is C22H20F4N8O2. The van der Waals surface area contributed by atoms with Crippen molar-refractivity contribution in [2.45, 2.75) is 50.9 Å². The molecule has 2 aromatic heterocycles. The number of aryl methyl sites for hydroxylation is 2. The van der Waals surface area contributed by atoms with Crippen LogP contribution >= 0.6 is 0 Å². The third-order valence-corrected chi connectivity index (χ3v) is 6.66. The Morgan fingerprint density at radius 1 is 1.31 bits per heavy atom. The fraction of sp³-hybridized carbons (Fsp3) is 0.455. The van der Waals surface area contributed by atoms with Crippen LogP contribution in [0.4, 0.5) is 28.0 Å². The largest absolute Gasteiger partial charge is 0.423 e. The van der Waals surface area contributed by atoms with E-state index < -0.39 is 46.2 Å². The van der Waals surface area contributed by atoms with Gasteiger partial charge in [-0.3, -0.25) is 0 Å². The molecule has 2 amide bonds. The summed E-state index contributed by atoms with van der Waals surface area (Å²) in [6.45, 7) is 3.67. The quantitative estimate of drug-likeness (QED) is 0.532. The Hall–Kier alpha value is -4.02. The predicted molar refractivity (Wildman–Crippen MR) is 114 cm³/mol. The number of anilines is 1. The number of nitrogens with zero attached hydrogens (tertiary/aromatic N) is 7. The van der Waals surface area contributed by atoms with E-state index in [1.165, 1.54) is 11.9 Å². The van der Waals surface area contributed by atoms with E-state index in [0.717, 1.165) is 10.7 Å². The lowest BCUT2D eigenvalue weighted by atomic mass is 9.64. The van der Waals surface area contributed by atoms with Crippen LogP contribution in [-0.4, -0.2) is 41.9 Å². The first-order valence-electron chi connectivity index (χ1n) is 11.1. The molecule has 1 N–H and O–H groups in total. The average molecular weight is 504 g/mol. The van der Waals surface area contributed by atoms with E-state index in [9.17, 15) is 22.4 Å². The Balaban J connectivity index is 1.52. The molecule has 2 bridgehead atoms. The number of urea groups is 1. The summed E-state index contributed by atoms with van der Waals surface area (Å²) >= 11 is 0. The number of alkyl halides is 3. The van der Waals surface area contributed by atoms with Gasteiger partial charge in [0.15, 0.2) is 5.82 Å². The zero-order chi connectivity index (χ0) is 26.0. The molecule has 0 spiro atoms. The van der Waals surface area contributed by atoms with Gasteiger partial charge in [-0.15, -0.1) is 10.2 Å². The van der Waals surface area contributed by atoms with E-state index in [0.29, 0.717) is 25.2 Å². The van der Waals surface area contributed by atoms with Crippen LogP contribution in [0.25, 0.3) is 11.4 Å². The summed E-state index contributed by atoms with van der Waals surface area (Å²) in [4.78, 5) is 18.7. The zero-order valence-corrected chi connectivity index (χ0v) is 19.4. The number of nitriles is 1. The van der Waals surface area contributed by atoms with Gasteiger partial charge in [-0.1, -0.05) is 6.92 Å². The summed E-state index contributed by atoms with van der Waals surface area (Å²) < 4.78 is 62.6. The van der Waals surface area contributed by atoms with Crippen LogP contribution in [0, 0.1) is 30.0 Å². The van der Waals surface area contributed by atoms with Crippen molar-refractivity contribution < 1.29 is 26.8 Å². The number of likely N-dealkylation sites (tertiary alicyclic amines) is 1. The normalized spacial score (nSPS) is 23.2. The molecule has 14 heteroatoms. The third kappa shape index (κ3) is 3.66. The summed E-state index contributed by atoms with van der Waals surface area (Å²) in [7, 11) is 1.34. The number of carbonyl (C=O) groups is 1. The molecular weight excluding hydrogens is 484 g/mol. The number of hydrogen-bond donors (Lipinski definition) is 1. The molecule has 36 heavy (non-hydrogen) atoms. The van der Waals surface area contributed by atoms with Crippen molar-refractivity contribution in [3.05, 3.63) is 41.1 Å². The molecule has 2 aliphatic rings. The summed E-state index contributed by atoms with van der Waals surface area (Å²) in [5.74, 6) is -1.07. The van der Waals surface area contributed by atoms with E-state index in [1.807, 2.05) is 6.92 Å². The molecule has 188 valence electrons. The lowest BCUT2D eigenvalue weighted by Crippen LogP contribution is -2.70. The highest BCUT2D eigenvalue weighted by Crippen LogP contribution is 2.55. The molecule has 1 aromatic carbocycles. The number of benzene rings is 1. The average Bonchev–Trinajstić information content (AvgIpc) is 3.39. The fourth-order valence-corrected chi connectivity index (χ4v) is 5.29. The molecule has 1 aliphatic heterocycles. The second kappa shape index (κ2) is 8.00. The van der Waals surface area contributed by atoms with Gasteiger partial charge in [0.2, 0.25) is 17.6 Å². The minimum atomic E-state index is -4.94. The molecule has 1 saturated carbocycles. The van der Waals surface area contributed by atoms with Crippen LogP contribution in [0.5, 0.6) is 0 Å². The molecule has 3 aromatic rings. The number of hydrogen-bond acceptors (Lipinski definition) is 7. The number of fused-ring (bicyclic) bond motifs is 2. The van der Waals surface area contributed by atoms with Gasteiger partial charge in [0, 0.05) is 32.0 Å². The summed E-state index contributed by atoms with van der Waals surface area (Å²) in [5.41, 5.74) is -3.26. The minimum Gasteiger partial charge on any atom is -0.423 e. The molecule has 0 radical (unpaired) electrons. The maximum Gasteiger partial charge on any atom is 0.417 e. The maximum atomic E-state index is 14.9. The Morgan fingerprint density at radius 3 is 2.67 bits per heavy atom. The van der Waals surface area contributed by atoms with Crippen molar-refractivity contribution in [1.82, 2.24) is 29.9 Å². The highest BCUT2D eigenvalue weighted by Gasteiger charge is 2.62. The molecule has 3 heterocycles.